The van der Waals surface area contributed by atoms with Crippen molar-refractivity contribution in [3.05, 3.63) is 0 Å². The Morgan fingerprint density at radius 3 is 2.21 bits per heavy atom. The van der Waals surface area contributed by atoms with E-state index in [0.29, 0.717) is 0 Å². The molecule has 0 spiro atoms. The molecular formula is C6H15Cl2N3O3. The fourth-order valence-electron chi connectivity index (χ4n) is 0.531. The molecule has 0 saturated carbocycles. The zero-order valence-corrected chi connectivity index (χ0v) is 9.07. The summed E-state index contributed by atoms with van der Waals surface area (Å²) < 4.78 is 0. The van der Waals surface area contributed by atoms with Gasteiger partial charge in [-0.25, -0.2) is 0 Å². The number of amides is 1. The summed E-state index contributed by atoms with van der Waals surface area (Å²) in [4.78, 5) is 20.9. The predicted molar refractivity (Wildman–Crippen MR) is 56.8 cm³/mol. The van der Waals surface area contributed by atoms with Crippen molar-refractivity contribution in [2.45, 2.75) is 12.5 Å². The topological polar surface area (TPSA) is 118 Å². The molecule has 0 saturated heterocycles. The van der Waals surface area contributed by atoms with Gasteiger partial charge in [-0.15, -0.1) is 24.8 Å². The summed E-state index contributed by atoms with van der Waals surface area (Å²) in [7, 11) is 0. The van der Waals surface area contributed by atoms with Crippen molar-refractivity contribution in [3.8, 4) is 0 Å². The van der Waals surface area contributed by atoms with Gasteiger partial charge in [-0.05, 0) is 0 Å². The van der Waals surface area contributed by atoms with Gasteiger partial charge in [-0.2, -0.15) is 0 Å². The molecule has 6 nitrogen and oxygen atoms in total. The molecule has 86 valence electrons. The summed E-state index contributed by atoms with van der Waals surface area (Å²) in [6, 6.07) is -0.751. The molecule has 0 aliphatic rings. The summed E-state index contributed by atoms with van der Waals surface area (Å²) in [6.45, 7) is 0.140. The van der Waals surface area contributed by atoms with E-state index in [4.69, 9.17) is 16.6 Å². The van der Waals surface area contributed by atoms with E-state index in [1.165, 1.54) is 0 Å². The first-order chi connectivity index (χ1) is 5.57. The summed E-state index contributed by atoms with van der Waals surface area (Å²) in [6.07, 6.45) is -0.108. The SMILES string of the molecule is Cl.Cl.NCC(N)C(=O)NCCC(=O)O. The summed E-state index contributed by atoms with van der Waals surface area (Å²) >= 11 is 0. The first-order valence-corrected chi connectivity index (χ1v) is 3.53. The number of carboxylic acid groups (broad SMARTS) is 1. The van der Waals surface area contributed by atoms with Crippen LogP contribution in [0.4, 0.5) is 0 Å². The molecule has 14 heavy (non-hydrogen) atoms. The van der Waals surface area contributed by atoms with Crippen molar-refractivity contribution in [1.82, 2.24) is 5.32 Å². The quantitative estimate of drug-likeness (QED) is 0.482. The maximum atomic E-state index is 10.8. The van der Waals surface area contributed by atoms with Crippen LogP contribution in [-0.4, -0.2) is 36.1 Å². The van der Waals surface area contributed by atoms with Gasteiger partial charge in [0.25, 0.3) is 0 Å². The number of nitrogens with one attached hydrogen (secondary N) is 1. The van der Waals surface area contributed by atoms with Crippen LogP contribution in [0.1, 0.15) is 6.42 Å². The van der Waals surface area contributed by atoms with Gasteiger partial charge in [0, 0.05) is 13.1 Å². The van der Waals surface area contributed by atoms with Crippen LogP contribution >= 0.6 is 24.8 Å². The van der Waals surface area contributed by atoms with E-state index in [-0.39, 0.29) is 44.3 Å². The average molecular weight is 248 g/mol. The molecule has 1 atom stereocenters. The van der Waals surface area contributed by atoms with Crippen LogP contribution in [0.25, 0.3) is 0 Å². The molecule has 1 amide bonds. The minimum Gasteiger partial charge on any atom is -0.481 e. The maximum Gasteiger partial charge on any atom is 0.305 e. The van der Waals surface area contributed by atoms with Gasteiger partial charge in [0.2, 0.25) is 5.91 Å². The molecular weight excluding hydrogens is 233 g/mol. The summed E-state index contributed by atoms with van der Waals surface area (Å²) in [5.74, 6) is -1.38. The maximum absolute atomic E-state index is 10.8. The van der Waals surface area contributed by atoms with Crippen molar-refractivity contribution in [1.29, 1.82) is 0 Å². The van der Waals surface area contributed by atoms with E-state index in [9.17, 15) is 9.59 Å². The molecule has 0 aromatic rings. The van der Waals surface area contributed by atoms with Crippen molar-refractivity contribution < 1.29 is 14.7 Å². The second kappa shape index (κ2) is 10.5. The number of halogens is 2. The van der Waals surface area contributed by atoms with Crippen LogP contribution in [0.5, 0.6) is 0 Å². The third-order valence-corrected chi connectivity index (χ3v) is 1.23. The Balaban J connectivity index is -0.000000605. The third-order valence-electron chi connectivity index (χ3n) is 1.23. The third kappa shape index (κ3) is 9.53. The fourth-order valence-corrected chi connectivity index (χ4v) is 0.531. The van der Waals surface area contributed by atoms with Crippen LogP contribution in [0.2, 0.25) is 0 Å². The van der Waals surface area contributed by atoms with E-state index >= 15 is 0 Å². The number of nitrogens with two attached hydrogens (primary N) is 2. The number of hydrogen-bond acceptors (Lipinski definition) is 4. The van der Waals surface area contributed by atoms with Crippen LogP contribution in [-0.2, 0) is 9.59 Å². The normalized spacial score (nSPS) is 10.4. The highest BCUT2D eigenvalue weighted by molar-refractivity contribution is 5.85. The van der Waals surface area contributed by atoms with E-state index in [2.05, 4.69) is 5.32 Å². The largest absolute Gasteiger partial charge is 0.481 e. The Kier molecular flexibility index (Phi) is 14.3. The summed E-state index contributed by atoms with van der Waals surface area (Å²) in [5.41, 5.74) is 10.4. The van der Waals surface area contributed by atoms with Gasteiger partial charge in [0.15, 0.2) is 0 Å². The van der Waals surface area contributed by atoms with Gasteiger partial charge in [0.1, 0.15) is 0 Å². The lowest BCUT2D eigenvalue weighted by molar-refractivity contribution is -0.136. The van der Waals surface area contributed by atoms with Gasteiger partial charge < -0.3 is 21.9 Å². The van der Waals surface area contributed by atoms with Crippen molar-refractivity contribution in [3.63, 3.8) is 0 Å². The average Bonchev–Trinajstić information content (AvgIpc) is 2.02. The fraction of sp³-hybridized carbons (Fsp3) is 0.667. The molecule has 0 fully saturated rings. The monoisotopic (exact) mass is 247 g/mol. The Hall–Kier alpha value is -0.560. The van der Waals surface area contributed by atoms with Crippen LogP contribution in [0.15, 0.2) is 0 Å². The zero-order chi connectivity index (χ0) is 9.56. The smallest absolute Gasteiger partial charge is 0.305 e. The van der Waals surface area contributed by atoms with E-state index in [1.807, 2.05) is 0 Å². The Bertz CT molecular complexity index is 180. The minimum atomic E-state index is -0.961. The Morgan fingerprint density at radius 2 is 1.86 bits per heavy atom. The van der Waals surface area contributed by atoms with Crippen molar-refractivity contribution in [2.24, 2.45) is 11.5 Å². The second-order valence-electron chi connectivity index (χ2n) is 2.28. The van der Waals surface area contributed by atoms with E-state index in [0.717, 1.165) is 0 Å². The van der Waals surface area contributed by atoms with Gasteiger partial charge in [-0.3, -0.25) is 9.59 Å². The standard InChI is InChI=1S/C6H13N3O3.2ClH/c7-3-4(8)6(12)9-2-1-5(10)11;;/h4H,1-3,7-8H2,(H,9,12)(H,10,11);2*1H. The molecule has 6 N–H and O–H groups in total. The Labute approximate surface area is 94.2 Å². The number of carbonyl (C=O) groups is 2. The molecule has 0 bridgehead atoms. The number of rotatable bonds is 5. The minimum absolute atomic E-state index is 0. The molecule has 0 aliphatic heterocycles. The van der Waals surface area contributed by atoms with Gasteiger partial charge >= 0.3 is 5.97 Å². The van der Waals surface area contributed by atoms with Gasteiger partial charge in [0.05, 0.1) is 12.5 Å². The lowest BCUT2D eigenvalue weighted by atomic mass is 10.3. The first-order valence-electron chi connectivity index (χ1n) is 3.53. The molecule has 0 aromatic carbocycles. The van der Waals surface area contributed by atoms with Crippen LogP contribution in [0.3, 0.4) is 0 Å². The predicted octanol–water partition coefficient (Wildman–Crippen LogP) is -1.29. The number of carbonyl (C=O) groups excluding carboxylic acids is 1. The molecule has 8 heteroatoms. The molecule has 0 rings (SSSR count). The summed E-state index contributed by atoms with van der Waals surface area (Å²) in [5, 5.41) is 10.6. The molecule has 0 aromatic heterocycles. The molecule has 0 aliphatic carbocycles. The van der Waals surface area contributed by atoms with Crippen LogP contribution in [0, 0.1) is 0 Å². The van der Waals surface area contributed by atoms with Crippen LogP contribution < -0.4 is 16.8 Å². The number of hydrogen-bond donors (Lipinski definition) is 4. The zero-order valence-electron chi connectivity index (χ0n) is 7.43. The molecule has 0 radical (unpaired) electrons. The van der Waals surface area contributed by atoms with Crippen molar-refractivity contribution in [2.75, 3.05) is 13.1 Å². The lowest BCUT2D eigenvalue weighted by Gasteiger charge is -2.08. The first kappa shape index (κ1) is 19.1. The number of carboxylic acids is 1. The highest BCUT2D eigenvalue weighted by Crippen LogP contribution is 1.78. The highest BCUT2D eigenvalue weighted by Gasteiger charge is 2.10. The molecule has 0 heterocycles. The van der Waals surface area contributed by atoms with E-state index in [1.54, 1.807) is 0 Å². The van der Waals surface area contributed by atoms with E-state index < -0.39 is 17.9 Å². The van der Waals surface area contributed by atoms with Gasteiger partial charge in [-0.1, -0.05) is 0 Å². The highest BCUT2D eigenvalue weighted by atomic mass is 35.5. The van der Waals surface area contributed by atoms with Crippen molar-refractivity contribution >= 4 is 36.7 Å². The second-order valence-corrected chi connectivity index (χ2v) is 2.28. The lowest BCUT2D eigenvalue weighted by Crippen LogP contribution is -2.45. The Morgan fingerprint density at radius 1 is 1.36 bits per heavy atom. The number of aliphatic carboxylic acids is 1. The molecule has 1 unspecified atom stereocenters.